The van der Waals surface area contributed by atoms with Crippen molar-refractivity contribution in [3.63, 3.8) is 0 Å². The maximum Gasteiger partial charge on any atom is 0.401 e. The van der Waals surface area contributed by atoms with Gasteiger partial charge in [-0.15, -0.1) is 24.0 Å². The van der Waals surface area contributed by atoms with E-state index >= 15 is 0 Å². The molecule has 0 aliphatic carbocycles. The van der Waals surface area contributed by atoms with Gasteiger partial charge in [-0.3, -0.25) is 9.89 Å². The Balaban J connectivity index is 0.00000529. The predicted octanol–water partition coefficient (Wildman–Crippen LogP) is 2.53. The number of alkyl halides is 3. The summed E-state index contributed by atoms with van der Waals surface area (Å²) in [7, 11) is 7.08. The second-order valence-corrected chi connectivity index (χ2v) is 5.65. The van der Waals surface area contributed by atoms with Crippen LogP contribution in [0, 0.1) is 0 Å². The van der Waals surface area contributed by atoms with E-state index < -0.39 is 12.7 Å². The number of aromatic nitrogens is 1. The van der Waals surface area contributed by atoms with E-state index in [1.807, 2.05) is 41.9 Å². The van der Waals surface area contributed by atoms with Gasteiger partial charge in [0.05, 0.1) is 13.1 Å². The van der Waals surface area contributed by atoms with Gasteiger partial charge in [-0.05, 0) is 32.1 Å². The number of rotatable bonds is 7. The minimum Gasteiger partial charge on any atom is -0.356 e. The Morgan fingerprint density at radius 1 is 1.33 bits per heavy atom. The Morgan fingerprint density at radius 2 is 2.00 bits per heavy atom. The zero-order valence-electron chi connectivity index (χ0n) is 14.6. The molecular formula is C15H27F3IN5. The number of aryl methyl sites for hydroxylation is 1. The van der Waals surface area contributed by atoms with Crippen LogP contribution in [0.2, 0.25) is 0 Å². The lowest BCUT2D eigenvalue weighted by Crippen LogP contribution is -2.40. The summed E-state index contributed by atoms with van der Waals surface area (Å²) in [5, 5.41) is 3.18. The van der Waals surface area contributed by atoms with E-state index in [1.54, 1.807) is 7.05 Å². The molecule has 1 aromatic heterocycles. The van der Waals surface area contributed by atoms with Crippen LogP contribution in [0.25, 0.3) is 0 Å². The average Bonchev–Trinajstić information content (AvgIpc) is 2.82. The number of nitrogens with one attached hydrogen (secondary N) is 1. The minimum absolute atomic E-state index is 0. The molecular weight excluding hydrogens is 434 g/mol. The van der Waals surface area contributed by atoms with E-state index in [1.165, 1.54) is 11.9 Å². The molecule has 1 rings (SSSR count). The van der Waals surface area contributed by atoms with Crippen molar-refractivity contribution in [3.05, 3.63) is 24.0 Å². The van der Waals surface area contributed by atoms with Crippen LogP contribution in [0.5, 0.6) is 0 Å². The quantitative estimate of drug-likeness (QED) is 0.294. The summed E-state index contributed by atoms with van der Waals surface area (Å²) in [5.74, 6) is 0.727. The third-order valence-electron chi connectivity index (χ3n) is 3.47. The van der Waals surface area contributed by atoms with Gasteiger partial charge >= 0.3 is 6.18 Å². The summed E-state index contributed by atoms with van der Waals surface area (Å²) in [6, 6.07) is 4.02. The molecule has 9 heteroatoms. The smallest absolute Gasteiger partial charge is 0.356 e. The molecule has 0 fully saturated rings. The lowest BCUT2D eigenvalue weighted by molar-refractivity contribution is -0.143. The van der Waals surface area contributed by atoms with Crippen LogP contribution in [0.1, 0.15) is 12.1 Å². The largest absolute Gasteiger partial charge is 0.401 e. The molecule has 1 aromatic rings. The molecule has 140 valence electrons. The molecule has 0 spiro atoms. The highest BCUT2D eigenvalue weighted by Crippen LogP contribution is 2.15. The lowest BCUT2D eigenvalue weighted by Gasteiger charge is -2.23. The number of hydrogen-bond donors (Lipinski definition) is 1. The van der Waals surface area contributed by atoms with Crippen molar-refractivity contribution in [2.24, 2.45) is 12.0 Å². The molecule has 0 aliphatic heterocycles. The fraction of sp³-hybridized carbons (Fsp3) is 0.667. The van der Waals surface area contributed by atoms with Crippen LogP contribution in [0.3, 0.4) is 0 Å². The van der Waals surface area contributed by atoms with Crippen LogP contribution < -0.4 is 5.32 Å². The first-order chi connectivity index (χ1) is 10.7. The molecule has 0 saturated carbocycles. The highest BCUT2D eigenvalue weighted by atomic mass is 127. The summed E-state index contributed by atoms with van der Waals surface area (Å²) < 4.78 is 38.7. The van der Waals surface area contributed by atoms with Crippen LogP contribution >= 0.6 is 24.0 Å². The molecule has 0 amide bonds. The molecule has 24 heavy (non-hydrogen) atoms. The first-order valence-electron chi connectivity index (χ1n) is 7.50. The van der Waals surface area contributed by atoms with Crippen molar-refractivity contribution in [1.29, 1.82) is 0 Å². The molecule has 0 atom stereocenters. The van der Waals surface area contributed by atoms with Crippen LogP contribution in [0.4, 0.5) is 13.2 Å². The number of halogens is 4. The van der Waals surface area contributed by atoms with E-state index in [0.29, 0.717) is 26.1 Å². The van der Waals surface area contributed by atoms with Gasteiger partial charge in [0.2, 0.25) is 0 Å². The van der Waals surface area contributed by atoms with Gasteiger partial charge in [0.15, 0.2) is 5.96 Å². The van der Waals surface area contributed by atoms with Crippen molar-refractivity contribution in [3.8, 4) is 0 Å². The van der Waals surface area contributed by atoms with Crippen molar-refractivity contribution in [1.82, 2.24) is 19.7 Å². The highest BCUT2D eigenvalue weighted by Gasteiger charge is 2.28. The highest BCUT2D eigenvalue weighted by molar-refractivity contribution is 14.0. The van der Waals surface area contributed by atoms with Gasteiger partial charge in [-0.2, -0.15) is 13.2 Å². The molecule has 0 bridgehead atoms. The maximum absolute atomic E-state index is 12.2. The van der Waals surface area contributed by atoms with Crippen molar-refractivity contribution in [2.45, 2.75) is 19.1 Å². The number of nitrogens with zero attached hydrogens (tertiary/aromatic N) is 4. The first-order valence-corrected chi connectivity index (χ1v) is 7.50. The minimum atomic E-state index is -4.15. The predicted molar refractivity (Wildman–Crippen MR) is 102 cm³/mol. The zero-order chi connectivity index (χ0) is 17.5. The molecule has 0 radical (unpaired) electrons. The van der Waals surface area contributed by atoms with Gasteiger partial charge in [0, 0.05) is 39.6 Å². The summed E-state index contributed by atoms with van der Waals surface area (Å²) in [5.41, 5.74) is 1.15. The zero-order valence-corrected chi connectivity index (χ0v) is 16.9. The Labute approximate surface area is 158 Å². The van der Waals surface area contributed by atoms with E-state index in [2.05, 4.69) is 10.3 Å². The Hall–Kier alpha value is -0.970. The number of guanidine groups is 1. The Bertz CT molecular complexity index is 502. The molecule has 1 N–H and O–H groups in total. The summed E-state index contributed by atoms with van der Waals surface area (Å²) >= 11 is 0. The fourth-order valence-corrected chi connectivity index (χ4v) is 2.30. The first kappa shape index (κ1) is 23.0. The standard InChI is InChI=1S/C15H26F3N5.HI/c1-19-14(23(4)11-13-7-5-10-22(13)3)20-8-6-9-21(2)12-15(16,17)18;/h5,7,10H,6,8-9,11-12H2,1-4H3,(H,19,20);1H. The SMILES string of the molecule is CN=C(NCCCN(C)CC(F)(F)F)N(C)Cc1cccn1C.I. The van der Waals surface area contributed by atoms with E-state index in [-0.39, 0.29) is 24.0 Å². The van der Waals surface area contributed by atoms with E-state index in [9.17, 15) is 13.2 Å². The summed E-state index contributed by atoms with van der Waals surface area (Å²) in [6.45, 7) is 0.781. The molecule has 0 saturated heterocycles. The van der Waals surface area contributed by atoms with Crippen molar-refractivity contribution in [2.75, 3.05) is 40.8 Å². The van der Waals surface area contributed by atoms with Gasteiger partial charge in [0.25, 0.3) is 0 Å². The Morgan fingerprint density at radius 3 is 2.50 bits per heavy atom. The molecule has 0 unspecified atom stereocenters. The molecule has 1 heterocycles. The molecule has 0 aliphatic rings. The normalized spacial score (nSPS) is 12.2. The average molecular weight is 461 g/mol. The van der Waals surface area contributed by atoms with Gasteiger partial charge < -0.3 is 14.8 Å². The maximum atomic E-state index is 12.2. The third kappa shape index (κ3) is 8.76. The molecule has 0 aromatic carbocycles. The second kappa shape index (κ2) is 10.8. The Kier molecular flexibility index (Phi) is 10.4. The summed E-state index contributed by atoms with van der Waals surface area (Å²) in [4.78, 5) is 7.46. The van der Waals surface area contributed by atoms with E-state index in [0.717, 1.165) is 11.7 Å². The third-order valence-corrected chi connectivity index (χ3v) is 3.47. The van der Waals surface area contributed by atoms with Crippen LogP contribution in [0.15, 0.2) is 23.3 Å². The van der Waals surface area contributed by atoms with Gasteiger partial charge in [-0.25, -0.2) is 0 Å². The van der Waals surface area contributed by atoms with Crippen molar-refractivity contribution < 1.29 is 13.2 Å². The topological polar surface area (TPSA) is 35.8 Å². The fourth-order valence-electron chi connectivity index (χ4n) is 2.30. The monoisotopic (exact) mass is 461 g/mol. The molecule has 5 nitrogen and oxygen atoms in total. The van der Waals surface area contributed by atoms with Gasteiger partial charge in [0.1, 0.15) is 0 Å². The van der Waals surface area contributed by atoms with Crippen LogP contribution in [-0.2, 0) is 13.6 Å². The number of hydrogen-bond acceptors (Lipinski definition) is 2. The van der Waals surface area contributed by atoms with E-state index in [4.69, 9.17) is 0 Å². The second-order valence-electron chi connectivity index (χ2n) is 5.65. The van der Waals surface area contributed by atoms with Crippen LogP contribution in [-0.4, -0.2) is 67.3 Å². The lowest BCUT2D eigenvalue weighted by atomic mass is 10.3. The van der Waals surface area contributed by atoms with Crippen molar-refractivity contribution >= 4 is 29.9 Å². The summed E-state index contributed by atoms with van der Waals surface area (Å²) in [6.07, 6.45) is -1.55. The van der Waals surface area contributed by atoms with Gasteiger partial charge in [-0.1, -0.05) is 0 Å². The number of aliphatic imine (C=N–C) groups is 1.